The van der Waals surface area contributed by atoms with Gasteiger partial charge in [-0.1, -0.05) is 0 Å². The lowest BCUT2D eigenvalue weighted by Gasteiger charge is -2.09. The maximum absolute atomic E-state index is 11.4. The Morgan fingerprint density at radius 1 is 0.913 bits per heavy atom. The normalized spacial score (nSPS) is 10.1. The lowest BCUT2D eigenvalue weighted by molar-refractivity contribution is -0.383. The van der Waals surface area contributed by atoms with Gasteiger partial charge in [-0.3, -0.25) is 20.1 Å². The molecule has 3 heterocycles. The van der Waals surface area contributed by atoms with Gasteiger partial charge in [0.2, 0.25) is 11.6 Å². The summed E-state index contributed by atoms with van der Waals surface area (Å²) in [5, 5.41) is 17.2. The third-order valence-electron chi connectivity index (χ3n) is 2.85. The van der Waals surface area contributed by atoms with E-state index < -0.39 is 4.92 Å². The van der Waals surface area contributed by atoms with Crippen LogP contribution < -0.4 is 10.6 Å². The summed E-state index contributed by atoms with van der Waals surface area (Å²) < 4.78 is 0. The summed E-state index contributed by atoms with van der Waals surface area (Å²) in [7, 11) is 0. The third-order valence-corrected chi connectivity index (χ3v) is 2.85. The quantitative estimate of drug-likeness (QED) is 0.545. The van der Waals surface area contributed by atoms with Crippen LogP contribution in [0.1, 0.15) is 0 Å². The highest BCUT2D eigenvalue weighted by molar-refractivity contribution is 5.76. The molecule has 0 aliphatic heterocycles. The second kappa shape index (κ2) is 6.43. The molecule has 0 saturated carbocycles. The van der Waals surface area contributed by atoms with Crippen LogP contribution in [0.5, 0.6) is 0 Å². The van der Waals surface area contributed by atoms with Gasteiger partial charge in [0.05, 0.1) is 28.7 Å². The first-order valence-electron chi connectivity index (χ1n) is 6.57. The van der Waals surface area contributed by atoms with E-state index >= 15 is 0 Å². The number of rotatable bonds is 5. The van der Waals surface area contributed by atoms with Crippen molar-refractivity contribution in [3.05, 3.63) is 65.5 Å². The van der Waals surface area contributed by atoms with E-state index in [9.17, 15) is 10.1 Å². The molecular formula is C14H11N7O2. The Morgan fingerprint density at radius 2 is 1.43 bits per heavy atom. The molecule has 0 saturated heterocycles. The summed E-state index contributed by atoms with van der Waals surface area (Å²) >= 11 is 0. The molecule has 0 aliphatic carbocycles. The largest absolute Gasteiger partial charge is 0.353 e. The summed E-state index contributed by atoms with van der Waals surface area (Å²) in [6.07, 6.45) is 7.54. The van der Waals surface area contributed by atoms with E-state index in [1.165, 1.54) is 6.33 Å². The Bertz CT molecular complexity index is 752. The number of nitro groups is 1. The van der Waals surface area contributed by atoms with Gasteiger partial charge >= 0.3 is 5.69 Å². The number of anilines is 4. The molecule has 0 amide bonds. The summed E-state index contributed by atoms with van der Waals surface area (Å²) in [6, 6.07) is 6.88. The van der Waals surface area contributed by atoms with Gasteiger partial charge in [-0.15, -0.1) is 0 Å². The Kier molecular flexibility index (Phi) is 4.01. The van der Waals surface area contributed by atoms with E-state index in [0.717, 1.165) is 0 Å². The van der Waals surface area contributed by atoms with Gasteiger partial charge in [0.1, 0.15) is 6.33 Å². The fourth-order valence-corrected chi connectivity index (χ4v) is 1.88. The van der Waals surface area contributed by atoms with Crippen molar-refractivity contribution in [3.8, 4) is 0 Å². The minimum atomic E-state index is -0.544. The number of nitrogens with one attached hydrogen (secondary N) is 2. The molecular weight excluding hydrogens is 298 g/mol. The Morgan fingerprint density at radius 3 is 1.83 bits per heavy atom. The van der Waals surface area contributed by atoms with Crippen molar-refractivity contribution < 1.29 is 4.92 Å². The average molecular weight is 309 g/mol. The summed E-state index contributed by atoms with van der Waals surface area (Å²) in [5.74, 6) is 0.147. The molecule has 9 heteroatoms. The van der Waals surface area contributed by atoms with Crippen molar-refractivity contribution in [3.63, 3.8) is 0 Å². The number of aromatic nitrogens is 4. The molecule has 3 aromatic heterocycles. The first-order chi connectivity index (χ1) is 11.2. The van der Waals surface area contributed by atoms with Gasteiger partial charge in [0.25, 0.3) is 0 Å². The highest BCUT2D eigenvalue weighted by atomic mass is 16.6. The van der Waals surface area contributed by atoms with Crippen molar-refractivity contribution in [1.82, 2.24) is 19.9 Å². The van der Waals surface area contributed by atoms with Gasteiger partial charge < -0.3 is 10.6 Å². The lowest BCUT2D eigenvalue weighted by atomic mass is 10.3. The zero-order chi connectivity index (χ0) is 16.1. The Labute approximate surface area is 130 Å². The molecule has 0 aliphatic rings. The number of nitrogens with zero attached hydrogens (tertiary/aromatic N) is 5. The molecule has 114 valence electrons. The SMILES string of the molecule is O=[N+]([O-])c1c(Nc2cccnc2)ncnc1Nc1cccnc1. The van der Waals surface area contributed by atoms with Gasteiger partial charge in [0, 0.05) is 12.4 Å². The Balaban J connectivity index is 1.97. The smallest absolute Gasteiger partial charge is 0.333 e. The minimum absolute atomic E-state index is 0.0735. The van der Waals surface area contributed by atoms with E-state index in [-0.39, 0.29) is 17.3 Å². The third kappa shape index (κ3) is 3.35. The molecule has 0 aromatic carbocycles. The van der Waals surface area contributed by atoms with Gasteiger partial charge in [-0.2, -0.15) is 0 Å². The molecule has 9 nitrogen and oxygen atoms in total. The van der Waals surface area contributed by atoms with Crippen molar-refractivity contribution in [2.45, 2.75) is 0 Å². The summed E-state index contributed by atoms with van der Waals surface area (Å²) in [6.45, 7) is 0. The zero-order valence-electron chi connectivity index (χ0n) is 11.7. The topological polar surface area (TPSA) is 119 Å². The first kappa shape index (κ1) is 14.3. The number of pyridine rings is 2. The molecule has 0 radical (unpaired) electrons. The highest BCUT2D eigenvalue weighted by Crippen LogP contribution is 2.32. The monoisotopic (exact) mass is 309 g/mol. The van der Waals surface area contributed by atoms with E-state index in [1.807, 2.05) is 0 Å². The molecule has 2 N–H and O–H groups in total. The zero-order valence-corrected chi connectivity index (χ0v) is 11.7. The molecule has 23 heavy (non-hydrogen) atoms. The predicted octanol–water partition coefficient (Wildman–Crippen LogP) is 2.66. The number of hydrogen-bond acceptors (Lipinski definition) is 8. The molecule has 0 atom stereocenters. The standard InChI is InChI=1S/C14H11N7O2/c22-21(23)12-13(19-10-3-1-5-15-7-10)17-9-18-14(12)20-11-4-2-6-16-8-11/h1-9H,(H2,17,18,19,20). The fourth-order valence-electron chi connectivity index (χ4n) is 1.88. The summed E-state index contributed by atoms with van der Waals surface area (Å²) in [5.41, 5.74) is 0.906. The van der Waals surface area contributed by atoms with E-state index in [4.69, 9.17) is 0 Å². The minimum Gasteiger partial charge on any atom is -0.333 e. The van der Waals surface area contributed by atoms with Crippen molar-refractivity contribution >= 4 is 28.7 Å². The van der Waals surface area contributed by atoms with Gasteiger partial charge in [-0.05, 0) is 24.3 Å². The maximum atomic E-state index is 11.4. The molecule has 3 aromatic rings. The summed E-state index contributed by atoms with van der Waals surface area (Å²) in [4.78, 5) is 26.7. The predicted molar refractivity (Wildman–Crippen MR) is 83.7 cm³/mol. The van der Waals surface area contributed by atoms with Crippen LogP contribution in [-0.4, -0.2) is 24.9 Å². The molecule has 0 spiro atoms. The second-order valence-corrected chi connectivity index (χ2v) is 4.41. The van der Waals surface area contributed by atoms with Crippen molar-refractivity contribution in [2.24, 2.45) is 0 Å². The second-order valence-electron chi connectivity index (χ2n) is 4.41. The van der Waals surface area contributed by atoms with Crippen LogP contribution in [-0.2, 0) is 0 Å². The van der Waals surface area contributed by atoms with Crippen LogP contribution in [0, 0.1) is 10.1 Å². The van der Waals surface area contributed by atoms with Crippen LogP contribution in [0.25, 0.3) is 0 Å². The van der Waals surface area contributed by atoms with E-state index in [1.54, 1.807) is 49.1 Å². The van der Waals surface area contributed by atoms with Crippen LogP contribution in [0.15, 0.2) is 55.4 Å². The Hall–Kier alpha value is -3.62. The number of hydrogen-bond donors (Lipinski definition) is 2. The van der Waals surface area contributed by atoms with Crippen LogP contribution >= 0.6 is 0 Å². The molecule has 0 unspecified atom stereocenters. The van der Waals surface area contributed by atoms with Crippen molar-refractivity contribution in [1.29, 1.82) is 0 Å². The fraction of sp³-hybridized carbons (Fsp3) is 0. The van der Waals surface area contributed by atoms with Gasteiger partial charge in [0.15, 0.2) is 0 Å². The van der Waals surface area contributed by atoms with E-state index in [2.05, 4.69) is 30.6 Å². The van der Waals surface area contributed by atoms with Crippen LogP contribution in [0.3, 0.4) is 0 Å². The van der Waals surface area contributed by atoms with Crippen molar-refractivity contribution in [2.75, 3.05) is 10.6 Å². The highest BCUT2D eigenvalue weighted by Gasteiger charge is 2.23. The lowest BCUT2D eigenvalue weighted by Crippen LogP contribution is -2.05. The maximum Gasteiger partial charge on any atom is 0.353 e. The average Bonchev–Trinajstić information content (AvgIpc) is 2.56. The van der Waals surface area contributed by atoms with E-state index in [0.29, 0.717) is 11.4 Å². The molecule has 0 bridgehead atoms. The molecule has 0 fully saturated rings. The van der Waals surface area contributed by atoms with Crippen LogP contribution in [0.4, 0.5) is 28.7 Å². The van der Waals surface area contributed by atoms with Gasteiger partial charge in [-0.25, -0.2) is 9.97 Å². The first-order valence-corrected chi connectivity index (χ1v) is 6.57. The molecule has 3 rings (SSSR count). The van der Waals surface area contributed by atoms with Crippen LogP contribution in [0.2, 0.25) is 0 Å².